The number of pyridine rings is 1. The highest BCUT2D eigenvalue weighted by Crippen LogP contribution is 1.73. The lowest BCUT2D eigenvalue weighted by molar-refractivity contribution is 0.271. The fourth-order valence-corrected chi connectivity index (χ4v) is 0.416. The number of oxime groups is 1. The first-order valence-corrected chi connectivity index (χ1v) is 3.51. The molecule has 3 nitrogen and oxygen atoms in total. The van der Waals surface area contributed by atoms with Crippen molar-refractivity contribution < 1.29 is 4.84 Å². The van der Waals surface area contributed by atoms with Crippen molar-refractivity contribution in [2.75, 3.05) is 0 Å². The second kappa shape index (κ2) is 9.36. The molecule has 0 bridgehead atoms. The van der Waals surface area contributed by atoms with Gasteiger partial charge in [0.15, 0.2) is 0 Å². The standard InChI is InChI=1S/C5H5N.C4H7NO/c1-2-4-6-5-3-1;1-3-5-6-4-2/h1-5H;3-4H,2H2,1H3/b;5-3-. The van der Waals surface area contributed by atoms with Gasteiger partial charge in [-0.1, -0.05) is 17.8 Å². The van der Waals surface area contributed by atoms with Crippen LogP contribution in [0, 0.1) is 0 Å². The molecule has 0 aromatic carbocycles. The summed E-state index contributed by atoms with van der Waals surface area (Å²) >= 11 is 0. The van der Waals surface area contributed by atoms with E-state index in [1.54, 1.807) is 25.5 Å². The Hall–Kier alpha value is -1.64. The fourth-order valence-electron chi connectivity index (χ4n) is 0.416. The molecule has 0 aliphatic carbocycles. The first kappa shape index (κ1) is 10.4. The second-order valence-corrected chi connectivity index (χ2v) is 1.66. The van der Waals surface area contributed by atoms with Crippen molar-refractivity contribution in [1.29, 1.82) is 0 Å². The van der Waals surface area contributed by atoms with E-state index < -0.39 is 0 Å². The Morgan fingerprint density at radius 3 is 2.17 bits per heavy atom. The van der Waals surface area contributed by atoms with Crippen LogP contribution in [0.2, 0.25) is 0 Å². The van der Waals surface area contributed by atoms with Crippen molar-refractivity contribution in [3.8, 4) is 0 Å². The third-order valence-corrected chi connectivity index (χ3v) is 0.807. The maximum absolute atomic E-state index is 4.32. The number of rotatable bonds is 2. The van der Waals surface area contributed by atoms with Crippen molar-refractivity contribution in [3.05, 3.63) is 43.4 Å². The molecule has 0 saturated heterocycles. The van der Waals surface area contributed by atoms with Crippen LogP contribution < -0.4 is 0 Å². The highest BCUT2D eigenvalue weighted by molar-refractivity contribution is 5.52. The average molecular weight is 164 g/mol. The molecule has 12 heavy (non-hydrogen) atoms. The molecule has 1 aromatic rings. The SMILES string of the molecule is C=CO/N=C\C.c1ccncc1. The monoisotopic (exact) mass is 164 g/mol. The van der Waals surface area contributed by atoms with Crippen LogP contribution in [0.3, 0.4) is 0 Å². The lowest BCUT2D eigenvalue weighted by atomic mass is 10.5. The van der Waals surface area contributed by atoms with Gasteiger partial charge in [0.25, 0.3) is 0 Å². The summed E-state index contributed by atoms with van der Waals surface area (Å²) in [6.07, 6.45) is 6.31. The molecule has 0 spiro atoms. The first-order chi connectivity index (χ1) is 5.91. The van der Waals surface area contributed by atoms with Crippen molar-refractivity contribution >= 4 is 6.21 Å². The van der Waals surface area contributed by atoms with Crippen LogP contribution in [0.25, 0.3) is 0 Å². The summed E-state index contributed by atoms with van der Waals surface area (Å²) in [6, 6.07) is 5.72. The minimum atomic E-state index is 1.26. The van der Waals surface area contributed by atoms with E-state index in [9.17, 15) is 0 Å². The largest absolute Gasteiger partial charge is 0.366 e. The molecule has 0 fully saturated rings. The Morgan fingerprint density at radius 2 is 2.00 bits per heavy atom. The molecule has 0 aliphatic rings. The lowest BCUT2D eigenvalue weighted by Gasteiger charge is -1.77. The molecule has 64 valence electrons. The van der Waals surface area contributed by atoms with E-state index in [4.69, 9.17) is 0 Å². The zero-order chi connectivity index (χ0) is 9.07. The zero-order valence-corrected chi connectivity index (χ0v) is 7.05. The Bertz CT molecular complexity index is 182. The fraction of sp³-hybridized carbons (Fsp3) is 0.111. The van der Waals surface area contributed by atoms with Crippen LogP contribution >= 0.6 is 0 Å². The number of hydrogen-bond acceptors (Lipinski definition) is 3. The van der Waals surface area contributed by atoms with Gasteiger partial charge in [0.1, 0.15) is 6.26 Å². The van der Waals surface area contributed by atoms with Crippen molar-refractivity contribution in [2.45, 2.75) is 6.92 Å². The topological polar surface area (TPSA) is 34.5 Å². The van der Waals surface area contributed by atoms with Crippen LogP contribution in [0.15, 0.2) is 48.6 Å². The maximum Gasteiger partial charge on any atom is 0.114 e. The van der Waals surface area contributed by atoms with Gasteiger partial charge in [0.2, 0.25) is 0 Å². The van der Waals surface area contributed by atoms with Gasteiger partial charge in [-0.2, -0.15) is 0 Å². The second-order valence-electron chi connectivity index (χ2n) is 1.66. The summed E-state index contributed by atoms with van der Waals surface area (Å²) in [5, 5.41) is 3.35. The highest BCUT2D eigenvalue weighted by atomic mass is 16.6. The van der Waals surface area contributed by atoms with E-state index in [1.165, 1.54) is 6.26 Å². The zero-order valence-electron chi connectivity index (χ0n) is 7.05. The van der Waals surface area contributed by atoms with Crippen molar-refractivity contribution in [3.63, 3.8) is 0 Å². The smallest absolute Gasteiger partial charge is 0.114 e. The minimum absolute atomic E-state index is 1.26. The quantitative estimate of drug-likeness (QED) is 0.381. The predicted octanol–water partition coefficient (Wildman–Crippen LogP) is 2.23. The van der Waals surface area contributed by atoms with E-state index in [1.807, 2.05) is 18.2 Å². The molecule has 0 amide bonds. The third kappa shape index (κ3) is 8.36. The summed E-state index contributed by atoms with van der Waals surface area (Å²) < 4.78 is 0. The average Bonchev–Trinajstić information content (AvgIpc) is 2.18. The molecule has 0 unspecified atom stereocenters. The molecular weight excluding hydrogens is 152 g/mol. The van der Waals surface area contributed by atoms with Gasteiger partial charge < -0.3 is 4.84 Å². The van der Waals surface area contributed by atoms with Crippen LogP contribution in [-0.4, -0.2) is 11.2 Å². The van der Waals surface area contributed by atoms with Gasteiger partial charge >= 0.3 is 0 Å². The van der Waals surface area contributed by atoms with Gasteiger partial charge in [-0.15, -0.1) is 0 Å². The molecule has 0 saturated carbocycles. The van der Waals surface area contributed by atoms with Crippen LogP contribution in [0.1, 0.15) is 6.92 Å². The summed E-state index contributed by atoms with van der Waals surface area (Å²) in [5.41, 5.74) is 0. The van der Waals surface area contributed by atoms with Gasteiger partial charge in [-0.3, -0.25) is 4.98 Å². The summed E-state index contributed by atoms with van der Waals surface area (Å²) in [6.45, 7) is 5.03. The molecule has 0 atom stereocenters. The number of aromatic nitrogens is 1. The molecule has 3 heteroatoms. The molecule has 1 heterocycles. The third-order valence-electron chi connectivity index (χ3n) is 0.807. The van der Waals surface area contributed by atoms with Crippen LogP contribution in [0.5, 0.6) is 0 Å². The first-order valence-electron chi connectivity index (χ1n) is 3.51. The van der Waals surface area contributed by atoms with Crippen LogP contribution in [0.4, 0.5) is 0 Å². The molecular formula is C9H12N2O. The summed E-state index contributed by atoms with van der Waals surface area (Å²) in [4.78, 5) is 8.10. The maximum atomic E-state index is 4.32. The van der Waals surface area contributed by atoms with Crippen LogP contribution in [-0.2, 0) is 4.84 Å². The molecule has 0 radical (unpaired) electrons. The lowest BCUT2D eigenvalue weighted by Crippen LogP contribution is -1.61. The van der Waals surface area contributed by atoms with E-state index >= 15 is 0 Å². The molecule has 1 rings (SSSR count). The van der Waals surface area contributed by atoms with Crippen molar-refractivity contribution in [1.82, 2.24) is 4.98 Å². The summed E-state index contributed by atoms with van der Waals surface area (Å²) in [7, 11) is 0. The molecule has 0 aliphatic heterocycles. The Balaban J connectivity index is 0.000000202. The normalized spacial score (nSPS) is 8.42. The van der Waals surface area contributed by atoms with E-state index in [0.717, 1.165) is 0 Å². The minimum Gasteiger partial charge on any atom is -0.366 e. The van der Waals surface area contributed by atoms with E-state index in [0.29, 0.717) is 0 Å². The number of hydrogen-bond donors (Lipinski definition) is 0. The van der Waals surface area contributed by atoms with Gasteiger partial charge in [0, 0.05) is 18.6 Å². The van der Waals surface area contributed by atoms with Crippen molar-refractivity contribution in [2.24, 2.45) is 5.16 Å². The van der Waals surface area contributed by atoms with Gasteiger partial charge in [0.05, 0.1) is 0 Å². The van der Waals surface area contributed by atoms with E-state index in [2.05, 4.69) is 21.6 Å². The highest BCUT2D eigenvalue weighted by Gasteiger charge is 1.58. The Morgan fingerprint density at radius 1 is 1.33 bits per heavy atom. The molecule has 0 N–H and O–H groups in total. The summed E-state index contributed by atoms with van der Waals surface area (Å²) in [5.74, 6) is 0. The Kier molecular flexibility index (Phi) is 8.08. The van der Waals surface area contributed by atoms with Gasteiger partial charge in [-0.25, -0.2) is 0 Å². The van der Waals surface area contributed by atoms with E-state index in [-0.39, 0.29) is 0 Å². The Labute approximate surface area is 72.4 Å². The molecule has 1 aromatic heterocycles. The predicted molar refractivity (Wildman–Crippen MR) is 49.7 cm³/mol. The van der Waals surface area contributed by atoms with Gasteiger partial charge in [-0.05, 0) is 19.1 Å². The number of nitrogens with zero attached hydrogens (tertiary/aromatic N) is 2.